The zero-order valence-corrected chi connectivity index (χ0v) is 10.6. The van der Waals surface area contributed by atoms with Crippen molar-refractivity contribution in [2.24, 2.45) is 0 Å². The van der Waals surface area contributed by atoms with Crippen LogP contribution in [0.15, 0.2) is 0 Å². The maximum Gasteiger partial charge on any atom is 0.236 e. The van der Waals surface area contributed by atoms with E-state index in [2.05, 4.69) is 11.8 Å². The first-order chi connectivity index (χ1) is 7.54. The van der Waals surface area contributed by atoms with Crippen molar-refractivity contribution in [2.75, 3.05) is 26.7 Å². The van der Waals surface area contributed by atoms with Crippen molar-refractivity contribution in [3.05, 3.63) is 0 Å². The van der Waals surface area contributed by atoms with Gasteiger partial charge in [-0.1, -0.05) is 6.92 Å². The van der Waals surface area contributed by atoms with Gasteiger partial charge in [0.15, 0.2) is 0 Å². The number of carbonyl (C=O) groups is 1. The molecular weight excluding hydrogens is 204 g/mol. The molecule has 4 nitrogen and oxygen atoms in total. The molecule has 1 atom stereocenters. The zero-order chi connectivity index (χ0) is 12.1. The Morgan fingerprint density at radius 2 is 2.12 bits per heavy atom. The second kappa shape index (κ2) is 6.21. The van der Waals surface area contributed by atoms with Gasteiger partial charge in [0.05, 0.1) is 12.6 Å². The lowest BCUT2D eigenvalue weighted by Gasteiger charge is -2.24. The maximum atomic E-state index is 11.9. The summed E-state index contributed by atoms with van der Waals surface area (Å²) in [4.78, 5) is 15.8. The Balaban J connectivity index is 2.26. The summed E-state index contributed by atoms with van der Waals surface area (Å²) >= 11 is 0. The first kappa shape index (κ1) is 13.5. The Labute approximate surface area is 98.2 Å². The Kier molecular flexibility index (Phi) is 5.22. The molecule has 16 heavy (non-hydrogen) atoms. The highest BCUT2D eigenvalue weighted by Gasteiger charge is 2.29. The van der Waals surface area contributed by atoms with Crippen molar-refractivity contribution in [1.29, 1.82) is 0 Å². The van der Waals surface area contributed by atoms with Crippen molar-refractivity contribution in [1.82, 2.24) is 9.80 Å². The van der Waals surface area contributed by atoms with Crippen LogP contribution in [0.2, 0.25) is 0 Å². The molecule has 0 heterocycles. The highest BCUT2D eigenvalue weighted by atomic mass is 16.3. The number of nitrogens with zero attached hydrogens (tertiary/aromatic N) is 2. The monoisotopic (exact) mass is 228 g/mol. The van der Waals surface area contributed by atoms with Gasteiger partial charge >= 0.3 is 0 Å². The lowest BCUT2D eigenvalue weighted by atomic mass is 10.2. The van der Waals surface area contributed by atoms with Gasteiger partial charge in [0.1, 0.15) is 0 Å². The van der Waals surface area contributed by atoms with Crippen LogP contribution < -0.4 is 0 Å². The Morgan fingerprint density at radius 1 is 1.50 bits per heavy atom. The Hall–Kier alpha value is -0.610. The van der Waals surface area contributed by atoms with Crippen LogP contribution in [0.3, 0.4) is 0 Å². The van der Waals surface area contributed by atoms with E-state index < -0.39 is 0 Å². The molecule has 1 unspecified atom stereocenters. The van der Waals surface area contributed by atoms with Gasteiger partial charge in [-0.05, 0) is 32.7 Å². The second-order valence-corrected chi connectivity index (χ2v) is 4.75. The molecule has 0 aromatic heterocycles. The fraction of sp³-hybridized carbons (Fsp3) is 0.917. The van der Waals surface area contributed by atoms with Gasteiger partial charge in [-0.15, -0.1) is 0 Å². The fourth-order valence-electron chi connectivity index (χ4n) is 1.74. The van der Waals surface area contributed by atoms with Crippen LogP contribution in [-0.2, 0) is 4.79 Å². The molecule has 0 bridgehead atoms. The quantitative estimate of drug-likeness (QED) is 0.697. The van der Waals surface area contributed by atoms with Gasteiger partial charge in [0, 0.05) is 19.6 Å². The largest absolute Gasteiger partial charge is 0.393 e. The minimum Gasteiger partial charge on any atom is -0.393 e. The molecule has 1 N–H and O–H groups in total. The summed E-state index contributed by atoms with van der Waals surface area (Å²) in [5.41, 5.74) is 0. The topological polar surface area (TPSA) is 43.8 Å². The number of hydrogen-bond acceptors (Lipinski definition) is 3. The number of likely N-dealkylation sites (N-methyl/N-ethyl adjacent to an activating group) is 2. The van der Waals surface area contributed by atoms with Crippen molar-refractivity contribution >= 4 is 5.91 Å². The first-order valence-corrected chi connectivity index (χ1v) is 6.20. The summed E-state index contributed by atoms with van der Waals surface area (Å²) in [6.45, 7) is 5.96. The van der Waals surface area contributed by atoms with Gasteiger partial charge < -0.3 is 10.0 Å². The molecule has 0 saturated heterocycles. The average Bonchev–Trinajstić information content (AvgIpc) is 3.05. The van der Waals surface area contributed by atoms with Crippen LogP contribution in [0.4, 0.5) is 0 Å². The molecule has 1 fully saturated rings. The van der Waals surface area contributed by atoms with Crippen LogP contribution in [-0.4, -0.2) is 59.6 Å². The molecule has 1 saturated carbocycles. The zero-order valence-electron chi connectivity index (χ0n) is 10.6. The summed E-state index contributed by atoms with van der Waals surface area (Å²) in [5, 5.41) is 9.16. The lowest BCUT2D eigenvalue weighted by Crippen LogP contribution is -2.40. The van der Waals surface area contributed by atoms with E-state index in [9.17, 15) is 4.79 Å². The van der Waals surface area contributed by atoms with E-state index in [0.717, 1.165) is 6.54 Å². The molecule has 0 spiro atoms. The molecule has 0 radical (unpaired) electrons. The van der Waals surface area contributed by atoms with Gasteiger partial charge in [0.2, 0.25) is 5.91 Å². The molecule has 1 aliphatic rings. The maximum absolute atomic E-state index is 11.9. The SMILES string of the molecule is CCN(CC(=O)N(C)CCC(C)O)C1CC1. The Morgan fingerprint density at radius 3 is 2.56 bits per heavy atom. The number of rotatable bonds is 7. The smallest absolute Gasteiger partial charge is 0.236 e. The van der Waals surface area contributed by atoms with Crippen molar-refractivity contribution in [2.45, 2.75) is 45.3 Å². The minimum absolute atomic E-state index is 0.161. The van der Waals surface area contributed by atoms with E-state index in [1.165, 1.54) is 12.8 Å². The normalized spacial score (nSPS) is 17.6. The summed E-state index contributed by atoms with van der Waals surface area (Å²) in [6.07, 6.45) is 2.79. The molecule has 4 heteroatoms. The molecule has 1 amide bonds. The third kappa shape index (κ3) is 4.49. The number of hydrogen-bond donors (Lipinski definition) is 1. The lowest BCUT2D eigenvalue weighted by molar-refractivity contribution is -0.131. The first-order valence-electron chi connectivity index (χ1n) is 6.20. The van der Waals surface area contributed by atoms with E-state index in [-0.39, 0.29) is 12.0 Å². The summed E-state index contributed by atoms with van der Waals surface area (Å²) < 4.78 is 0. The second-order valence-electron chi connectivity index (χ2n) is 4.75. The number of aliphatic hydroxyl groups is 1. The molecule has 0 aromatic rings. The van der Waals surface area contributed by atoms with Gasteiger partial charge in [-0.3, -0.25) is 9.69 Å². The summed E-state index contributed by atoms with van der Waals surface area (Å²) in [5.74, 6) is 0.161. The van der Waals surface area contributed by atoms with E-state index in [0.29, 0.717) is 25.6 Å². The number of aliphatic hydroxyl groups excluding tert-OH is 1. The molecule has 1 rings (SSSR count). The van der Waals surface area contributed by atoms with Crippen LogP contribution in [0.25, 0.3) is 0 Å². The fourth-order valence-corrected chi connectivity index (χ4v) is 1.74. The molecule has 0 aliphatic heterocycles. The average molecular weight is 228 g/mol. The van der Waals surface area contributed by atoms with E-state index in [1.54, 1.807) is 11.8 Å². The number of amides is 1. The third-order valence-corrected chi connectivity index (χ3v) is 3.12. The van der Waals surface area contributed by atoms with Crippen LogP contribution in [0, 0.1) is 0 Å². The number of carbonyl (C=O) groups excluding carboxylic acids is 1. The van der Waals surface area contributed by atoms with Crippen LogP contribution in [0.1, 0.15) is 33.1 Å². The minimum atomic E-state index is -0.332. The van der Waals surface area contributed by atoms with Gasteiger partial charge in [-0.25, -0.2) is 0 Å². The molecular formula is C12H24N2O2. The van der Waals surface area contributed by atoms with Crippen LogP contribution in [0.5, 0.6) is 0 Å². The van der Waals surface area contributed by atoms with Crippen molar-refractivity contribution < 1.29 is 9.90 Å². The predicted octanol–water partition coefficient (Wildman–Crippen LogP) is 0.700. The Bertz CT molecular complexity index is 227. The van der Waals surface area contributed by atoms with Gasteiger partial charge in [-0.2, -0.15) is 0 Å². The molecule has 94 valence electrons. The van der Waals surface area contributed by atoms with Crippen molar-refractivity contribution in [3.8, 4) is 0 Å². The van der Waals surface area contributed by atoms with E-state index >= 15 is 0 Å². The summed E-state index contributed by atoms with van der Waals surface area (Å²) in [7, 11) is 1.81. The summed E-state index contributed by atoms with van der Waals surface area (Å²) in [6, 6.07) is 0.638. The predicted molar refractivity (Wildman–Crippen MR) is 64.2 cm³/mol. The molecule has 0 aromatic carbocycles. The van der Waals surface area contributed by atoms with Gasteiger partial charge in [0.25, 0.3) is 0 Å². The third-order valence-electron chi connectivity index (χ3n) is 3.12. The standard InChI is InChI=1S/C12H24N2O2/c1-4-14(11-5-6-11)9-12(16)13(3)8-7-10(2)15/h10-11,15H,4-9H2,1-3H3. The molecule has 1 aliphatic carbocycles. The van der Waals surface area contributed by atoms with Crippen molar-refractivity contribution in [3.63, 3.8) is 0 Å². The van der Waals surface area contributed by atoms with Crippen LogP contribution >= 0.6 is 0 Å². The van der Waals surface area contributed by atoms with E-state index in [4.69, 9.17) is 5.11 Å². The highest BCUT2D eigenvalue weighted by molar-refractivity contribution is 5.78. The van der Waals surface area contributed by atoms with E-state index in [1.807, 2.05) is 7.05 Å². The highest BCUT2D eigenvalue weighted by Crippen LogP contribution is 2.26.